The van der Waals surface area contributed by atoms with Gasteiger partial charge in [-0.3, -0.25) is 0 Å². The van der Waals surface area contributed by atoms with Crippen molar-refractivity contribution in [3.05, 3.63) is 35.9 Å². The van der Waals surface area contributed by atoms with Crippen LogP contribution in [-0.2, 0) is 5.75 Å². The van der Waals surface area contributed by atoms with E-state index in [0.29, 0.717) is 0 Å². The predicted molar refractivity (Wildman–Crippen MR) is 68.1 cm³/mol. The third-order valence-corrected chi connectivity index (χ3v) is 3.69. The molecule has 1 N–H and O–H groups in total. The topological polar surface area (TPSA) is 20.2 Å². The van der Waals surface area contributed by atoms with Crippen LogP contribution >= 0.6 is 11.8 Å². The molecule has 0 fully saturated rings. The maximum Gasteiger partial charge on any atom is 0.0525 e. The molecule has 0 spiro atoms. The van der Waals surface area contributed by atoms with E-state index in [9.17, 15) is 5.11 Å². The maximum absolute atomic E-state index is 9.37. The van der Waals surface area contributed by atoms with Gasteiger partial charge in [0.25, 0.3) is 0 Å². The minimum atomic E-state index is -0.219. The van der Waals surface area contributed by atoms with E-state index in [0.717, 1.165) is 12.2 Å². The van der Waals surface area contributed by atoms with Gasteiger partial charge in [0.05, 0.1) is 6.10 Å². The fourth-order valence-corrected chi connectivity index (χ4v) is 2.73. The van der Waals surface area contributed by atoms with E-state index in [2.05, 4.69) is 38.1 Å². The Morgan fingerprint density at radius 1 is 1.27 bits per heavy atom. The Morgan fingerprint density at radius 2 is 1.87 bits per heavy atom. The molecule has 0 unspecified atom stereocenters. The molecule has 0 aliphatic carbocycles. The lowest BCUT2D eigenvalue weighted by atomic mass is 10.1. The van der Waals surface area contributed by atoms with Gasteiger partial charge in [0, 0.05) is 10.5 Å². The van der Waals surface area contributed by atoms with E-state index in [1.807, 2.05) is 24.8 Å². The standard InChI is InChI=1S/C13H20OS/c1-11(14)9-13(2,3)15-10-12-7-5-4-6-8-12/h4-8,11,14H,9-10H2,1-3H3/t11-/m1/s1. The van der Waals surface area contributed by atoms with Crippen molar-refractivity contribution < 1.29 is 5.11 Å². The zero-order valence-electron chi connectivity index (χ0n) is 9.73. The minimum absolute atomic E-state index is 0.143. The Balaban J connectivity index is 2.42. The van der Waals surface area contributed by atoms with Crippen LogP contribution in [0.2, 0.25) is 0 Å². The second-order valence-electron chi connectivity index (χ2n) is 4.59. The van der Waals surface area contributed by atoms with E-state index in [1.54, 1.807) is 0 Å². The lowest BCUT2D eigenvalue weighted by Gasteiger charge is -2.25. The highest BCUT2D eigenvalue weighted by Crippen LogP contribution is 2.32. The quantitative estimate of drug-likeness (QED) is 0.826. The number of thioether (sulfide) groups is 1. The van der Waals surface area contributed by atoms with Crippen LogP contribution in [0.5, 0.6) is 0 Å². The molecule has 0 aromatic heterocycles. The molecule has 0 aliphatic heterocycles. The summed E-state index contributed by atoms with van der Waals surface area (Å²) in [6, 6.07) is 10.5. The molecule has 1 aromatic rings. The third kappa shape index (κ3) is 5.24. The number of rotatable bonds is 5. The SMILES string of the molecule is C[C@@H](O)CC(C)(C)SCc1ccccc1. The molecule has 0 radical (unpaired) electrons. The van der Waals surface area contributed by atoms with Crippen molar-refractivity contribution in [1.29, 1.82) is 0 Å². The molecule has 84 valence electrons. The summed E-state index contributed by atoms with van der Waals surface area (Å²) in [7, 11) is 0. The first-order valence-corrected chi connectivity index (χ1v) is 6.34. The first-order chi connectivity index (χ1) is 6.99. The molecule has 1 nitrogen and oxygen atoms in total. The van der Waals surface area contributed by atoms with Gasteiger partial charge in [0.1, 0.15) is 0 Å². The minimum Gasteiger partial charge on any atom is -0.393 e. The number of aliphatic hydroxyl groups excluding tert-OH is 1. The highest BCUT2D eigenvalue weighted by Gasteiger charge is 2.20. The van der Waals surface area contributed by atoms with Crippen molar-refractivity contribution in [2.24, 2.45) is 0 Å². The van der Waals surface area contributed by atoms with Gasteiger partial charge in [-0.15, -0.1) is 0 Å². The van der Waals surface area contributed by atoms with Crippen molar-refractivity contribution in [3.63, 3.8) is 0 Å². The van der Waals surface area contributed by atoms with Crippen LogP contribution in [-0.4, -0.2) is 16.0 Å². The molecular weight excluding hydrogens is 204 g/mol. The number of hydrogen-bond donors (Lipinski definition) is 1. The molecule has 0 heterocycles. The molecular formula is C13H20OS. The van der Waals surface area contributed by atoms with Gasteiger partial charge >= 0.3 is 0 Å². The number of benzene rings is 1. The number of hydrogen-bond acceptors (Lipinski definition) is 2. The zero-order valence-corrected chi connectivity index (χ0v) is 10.6. The molecule has 0 bridgehead atoms. The summed E-state index contributed by atoms with van der Waals surface area (Å²) in [6.45, 7) is 6.23. The maximum atomic E-state index is 9.37. The molecule has 0 saturated carbocycles. The highest BCUT2D eigenvalue weighted by molar-refractivity contribution is 7.99. The van der Waals surface area contributed by atoms with Crippen LogP contribution in [0.3, 0.4) is 0 Å². The third-order valence-electron chi connectivity index (χ3n) is 2.26. The van der Waals surface area contributed by atoms with Gasteiger partial charge < -0.3 is 5.11 Å². The first kappa shape index (κ1) is 12.6. The van der Waals surface area contributed by atoms with Crippen LogP contribution in [0, 0.1) is 0 Å². The smallest absolute Gasteiger partial charge is 0.0525 e. The van der Waals surface area contributed by atoms with E-state index in [1.165, 1.54) is 5.56 Å². The van der Waals surface area contributed by atoms with Gasteiger partial charge in [-0.25, -0.2) is 0 Å². The van der Waals surface area contributed by atoms with Gasteiger partial charge in [-0.1, -0.05) is 44.2 Å². The molecule has 1 atom stereocenters. The van der Waals surface area contributed by atoms with Crippen molar-refractivity contribution in [2.75, 3.05) is 0 Å². The molecule has 2 heteroatoms. The normalized spacial score (nSPS) is 13.9. The van der Waals surface area contributed by atoms with Crippen LogP contribution < -0.4 is 0 Å². The second-order valence-corrected chi connectivity index (χ2v) is 6.27. The summed E-state index contributed by atoms with van der Waals surface area (Å²) >= 11 is 1.90. The molecule has 15 heavy (non-hydrogen) atoms. The summed E-state index contributed by atoms with van der Waals surface area (Å²) in [5, 5.41) is 9.37. The lowest BCUT2D eigenvalue weighted by molar-refractivity contribution is 0.174. The first-order valence-electron chi connectivity index (χ1n) is 5.35. The Labute approximate surface area is 96.9 Å². The van der Waals surface area contributed by atoms with Gasteiger partial charge in [-0.2, -0.15) is 11.8 Å². The van der Waals surface area contributed by atoms with Gasteiger partial charge in [0.2, 0.25) is 0 Å². The van der Waals surface area contributed by atoms with E-state index >= 15 is 0 Å². The average molecular weight is 224 g/mol. The summed E-state index contributed by atoms with van der Waals surface area (Å²) < 4.78 is 0.143. The lowest BCUT2D eigenvalue weighted by Crippen LogP contribution is -2.21. The average Bonchev–Trinajstić information content (AvgIpc) is 2.15. The predicted octanol–water partition coefficient (Wildman–Crippen LogP) is 3.47. The van der Waals surface area contributed by atoms with Crippen molar-refractivity contribution in [2.45, 2.75) is 43.8 Å². The molecule has 0 saturated heterocycles. The van der Waals surface area contributed by atoms with E-state index in [-0.39, 0.29) is 10.9 Å². The van der Waals surface area contributed by atoms with Crippen LogP contribution in [0.1, 0.15) is 32.8 Å². The van der Waals surface area contributed by atoms with E-state index < -0.39 is 0 Å². The summed E-state index contributed by atoms with van der Waals surface area (Å²) in [4.78, 5) is 0. The molecule has 1 rings (SSSR count). The van der Waals surface area contributed by atoms with E-state index in [4.69, 9.17) is 0 Å². The molecule has 1 aromatic carbocycles. The van der Waals surface area contributed by atoms with Crippen molar-refractivity contribution >= 4 is 11.8 Å². The monoisotopic (exact) mass is 224 g/mol. The van der Waals surface area contributed by atoms with Crippen LogP contribution in [0.15, 0.2) is 30.3 Å². The Hall–Kier alpha value is -0.470. The summed E-state index contributed by atoms with van der Waals surface area (Å²) in [5.74, 6) is 1.01. The molecule has 0 amide bonds. The molecule has 0 aliphatic rings. The van der Waals surface area contributed by atoms with Crippen LogP contribution in [0.4, 0.5) is 0 Å². The highest BCUT2D eigenvalue weighted by atomic mass is 32.2. The van der Waals surface area contributed by atoms with Crippen molar-refractivity contribution in [1.82, 2.24) is 0 Å². The van der Waals surface area contributed by atoms with Crippen LogP contribution in [0.25, 0.3) is 0 Å². The second kappa shape index (κ2) is 5.57. The number of aliphatic hydroxyl groups is 1. The Bertz CT molecular complexity index is 280. The summed E-state index contributed by atoms with van der Waals surface area (Å²) in [6.07, 6.45) is 0.619. The Morgan fingerprint density at radius 3 is 2.40 bits per heavy atom. The van der Waals surface area contributed by atoms with Gasteiger partial charge in [-0.05, 0) is 18.9 Å². The van der Waals surface area contributed by atoms with Gasteiger partial charge in [0.15, 0.2) is 0 Å². The van der Waals surface area contributed by atoms with Crippen molar-refractivity contribution in [3.8, 4) is 0 Å². The zero-order chi connectivity index (χ0) is 11.3. The fraction of sp³-hybridized carbons (Fsp3) is 0.538. The largest absolute Gasteiger partial charge is 0.393 e. The Kier molecular flexibility index (Phi) is 4.68. The summed E-state index contributed by atoms with van der Waals surface area (Å²) in [5.41, 5.74) is 1.35. The fourth-order valence-electron chi connectivity index (χ4n) is 1.62.